The lowest BCUT2D eigenvalue weighted by Gasteiger charge is -2.14. The summed E-state index contributed by atoms with van der Waals surface area (Å²) in [6, 6.07) is 16.0. The number of pyridine rings is 1. The van der Waals surface area contributed by atoms with Crippen LogP contribution >= 0.6 is 11.6 Å². The van der Waals surface area contributed by atoms with E-state index in [1.54, 1.807) is 36.4 Å². The number of fused-ring (bicyclic) bond motifs is 1. The minimum absolute atomic E-state index is 0.231. The second-order valence-corrected chi connectivity index (χ2v) is 7.13. The molecular formula is C22H17ClN2O4. The Morgan fingerprint density at radius 2 is 1.86 bits per heavy atom. The fourth-order valence-corrected chi connectivity index (χ4v) is 3.43. The van der Waals surface area contributed by atoms with E-state index in [0.717, 1.165) is 10.5 Å². The van der Waals surface area contributed by atoms with Crippen LogP contribution in [0.4, 0.5) is 0 Å². The van der Waals surface area contributed by atoms with Crippen LogP contribution in [-0.4, -0.2) is 40.8 Å². The van der Waals surface area contributed by atoms with Crippen LogP contribution in [-0.2, 0) is 14.3 Å². The molecule has 1 fully saturated rings. The van der Waals surface area contributed by atoms with Gasteiger partial charge in [0.1, 0.15) is 0 Å². The van der Waals surface area contributed by atoms with Crippen molar-refractivity contribution in [2.45, 2.75) is 12.8 Å². The minimum Gasteiger partial charge on any atom is -0.452 e. The normalized spacial score (nSPS) is 13.7. The number of amides is 2. The zero-order valence-electron chi connectivity index (χ0n) is 15.4. The molecule has 2 aromatic carbocycles. The molecule has 0 bridgehead atoms. The number of imide groups is 1. The molecule has 0 unspecified atom stereocenters. The zero-order valence-corrected chi connectivity index (χ0v) is 16.2. The predicted molar refractivity (Wildman–Crippen MR) is 108 cm³/mol. The topological polar surface area (TPSA) is 76.6 Å². The van der Waals surface area contributed by atoms with E-state index in [-0.39, 0.29) is 5.91 Å². The van der Waals surface area contributed by atoms with Gasteiger partial charge in [0, 0.05) is 28.9 Å². The third-order valence-electron chi connectivity index (χ3n) is 4.78. The molecule has 2 heterocycles. The Labute approximate surface area is 172 Å². The summed E-state index contributed by atoms with van der Waals surface area (Å²) in [6.45, 7) is -0.106. The fourth-order valence-electron chi connectivity index (χ4n) is 3.31. The lowest BCUT2D eigenvalue weighted by Crippen LogP contribution is -2.35. The Balaban J connectivity index is 1.63. The molecule has 1 saturated heterocycles. The highest BCUT2D eigenvalue weighted by Crippen LogP contribution is 2.26. The van der Waals surface area contributed by atoms with E-state index in [4.69, 9.17) is 16.3 Å². The summed E-state index contributed by atoms with van der Waals surface area (Å²) in [5.41, 5.74) is 2.33. The first-order valence-electron chi connectivity index (χ1n) is 9.19. The molecule has 0 radical (unpaired) electrons. The van der Waals surface area contributed by atoms with Crippen molar-refractivity contribution >= 4 is 40.3 Å². The maximum Gasteiger partial charge on any atom is 0.339 e. The molecule has 1 aromatic heterocycles. The van der Waals surface area contributed by atoms with Gasteiger partial charge in [-0.3, -0.25) is 14.5 Å². The van der Waals surface area contributed by atoms with Crippen LogP contribution in [0.3, 0.4) is 0 Å². The number of carbonyl (C=O) groups is 3. The molecule has 0 saturated carbocycles. The number of benzene rings is 2. The van der Waals surface area contributed by atoms with E-state index in [9.17, 15) is 14.4 Å². The van der Waals surface area contributed by atoms with Gasteiger partial charge in [-0.2, -0.15) is 0 Å². The van der Waals surface area contributed by atoms with E-state index in [2.05, 4.69) is 4.98 Å². The van der Waals surface area contributed by atoms with Gasteiger partial charge in [0.05, 0.1) is 16.8 Å². The van der Waals surface area contributed by atoms with Gasteiger partial charge in [0.2, 0.25) is 5.91 Å². The number of aromatic nitrogens is 1. The number of hydrogen-bond acceptors (Lipinski definition) is 5. The largest absolute Gasteiger partial charge is 0.452 e. The number of halogens is 1. The molecule has 6 nitrogen and oxygen atoms in total. The number of likely N-dealkylation sites (tertiary alicyclic amines) is 1. The van der Waals surface area contributed by atoms with Gasteiger partial charge in [-0.15, -0.1) is 0 Å². The highest BCUT2D eigenvalue weighted by Gasteiger charge is 2.27. The molecular weight excluding hydrogens is 392 g/mol. The van der Waals surface area contributed by atoms with Crippen LogP contribution in [0.15, 0.2) is 54.6 Å². The summed E-state index contributed by atoms with van der Waals surface area (Å²) >= 11 is 5.96. The van der Waals surface area contributed by atoms with Crippen LogP contribution in [0.2, 0.25) is 5.02 Å². The number of ether oxygens (including phenoxy) is 1. The average molecular weight is 409 g/mol. The molecule has 146 valence electrons. The van der Waals surface area contributed by atoms with Crippen LogP contribution in [0, 0.1) is 0 Å². The Kier molecular flexibility index (Phi) is 5.27. The fraction of sp³-hybridized carbons (Fsp3) is 0.182. The Bertz CT molecular complexity index is 1110. The first kappa shape index (κ1) is 19.1. The highest BCUT2D eigenvalue weighted by atomic mass is 35.5. The lowest BCUT2D eigenvalue weighted by atomic mass is 10.0. The summed E-state index contributed by atoms with van der Waals surface area (Å²) in [5.74, 6) is -1.37. The summed E-state index contributed by atoms with van der Waals surface area (Å²) in [6.07, 6.45) is 0.983. The Morgan fingerprint density at radius 1 is 1.10 bits per heavy atom. The zero-order chi connectivity index (χ0) is 20.4. The summed E-state index contributed by atoms with van der Waals surface area (Å²) in [7, 11) is 0. The Hall–Kier alpha value is -3.25. The van der Waals surface area contributed by atoms with Crippen molar-refractivity contribution in [1.29, 1.82) is 0 Å². The highest BCUT2D eigenvalue weighted by molar-refractivity contribution is 6.30. The van der Waals surface area contributed by atoms with Crippen LogP contribution in [0.5, 0.6) is 0 Å². The maximum atomic E-state index is 12.8. The molecule has 0 spiro atoms. The van der Waals surface area contributed by atoms with E-state index in [1.165, 1.54) is 0 Å². The van der Waals surface area contributed by atoms with E-state index < -0.39 is 18.5 Å². The van der Waals surface area contributed by atoms with Gasteiger partial charge >= 0.3 is 5.97 Å². The number of para-hydroxylation sites is 1. The van der Waals surface area contributed by atoms with Crippen LogP contribution < -0.4 is 0 Å². The van der Waals surface area contributed by atoms with Gasteiger partial charge in [0.15, 0.2) is 6.61 Å². The number of carbonyl (C=O) groups excluding carboxylic acids is 3. The maximum absolute atomic E-state index is 12.8. The van der Waals surface area contributed by atoms with Crippen LogP contribution in [0.1, 0.15) is 23.2 Å². The molecule has 1 aliphatic rings. The lowest BCUT2D eigenvalue weighted by molar-refractivity contribution is -0.143. The van der Waals surface area contributed by atoms with Crippen molar-refractivity contribution < 1.29 is 19.1 Å². The Morgan fingerprint density at radius 3 is 2.59 bits per heavy atom. The quantitative estimate of drug-likeness (QED) is 0.612. The van der Waals surface area contributed by atoms with Crippen molar-refractivity contribution in [3.63, 3.8) is 0 Å². The van der Waals surface area contributed by atoms with Gasteiger partial charge in [-0.1, -0.05) is 41.9 Å². The monoisotopic (exact) mass is 408 g/mol. The molecule has 4 rings (SSSR count). The van der Waals surface area contributed by atoms with Crippen molar-refractivity contribution in [2.75, 3.05) is 13.2 Å². The summed E-state index contributed by atoms with van der Waals surface area (Å²) in [5, 5.41) is 1.23. The molecule has 0 atom stereocenters. The van der Waals surface area contributed by atoms with Crippen molar-refractivity contribution in [1.82, 2.24) is 9.88 Å². The van der Waals surface area contributed by atoms with E-state index in [1.807, 2.05) is 18.2 Å². The summed E-state index contributed by atoms with van der Waals surface area (Å²) in [4.78, 5) is 42.4. The molecule has 1 aliphatic heterocycles. The first-order chi connectivity index (χ1) is 14.0. The molecule has 7 heteroatoms. The molecule has 0 N–H and O–H groups in total. The van der Waals surface area contributed by atoms with Gasteiger partial charge in [-0.25, -0.2) is 9.78 Å². The second kappa shape index (κ2) is 8.01. The summed E-state index contributed by atoms with van der Waals surface area (Å²) < 4.78 is 5.24. The predicted octanol–water partition coefficient (Wildman–Crippen LogP) is 3.86. The van der Waals surface area contributed by atoms with Crippen LogP contribution in [0.25, 0.3) is 22.2 Å². The molecule has 2 amide bonds. The van der Waals surface area contributed by atoms with E-state index >= 15 is 0 Å². The number of rotatable bonds is 4. The third-order valence-corrected chi connectivity index (χ3v) is 5.03. The van der Waals surface area contributed by atoms with Crippen molar-refractivity contribution in [3.05, 3.63) is 65.2 Å². The van der Waals surface area contributed by atoms with Gasteiger partial charge in [-0.05, 0) is 30.7 Å². The molecule has 0 aliphatic carbocycles. The first-order valence-corrected chi connectivity index (χ1v) is 9.57. The number of esters is 1. The smallest absolute Gasteiger partial charge is 0.339 e. The van der Waals surface area contributed by atoms with Crippen molar-refractivity contribution in [2.24, 2.45) is 0 Å². The standard InChI is InChI=1S/C22H17ClN2O4/c23-15-9-7-14(8-10-15)19-12-17(16-4-1-2-5-18(16)24-19)22(28)29-13-21(27)25-11-3-6-20(25)26/h1-2,4-5,7-10,12H,3,6,11,13H2. The minimum atomic E-state index is -0.640. The second-order valence-electron chi connectivity index (χ2n) is 6.70. The van der Waals surface area contributed by atoms with Gasteiger partial charge in [0.25, 0.3) is 5.91 Å². The SMILES string of the molecule is O=C(OCC(=O)N1CCCC1=O)c1cc(-c2ccc(Cl)cc2)nc2ccccc12. The van der Waals surface area contributed by atoms with Gasteiger partial charge < -0.3 is 4.74 Å². The number of hydrogen-bond donors (Lipinski definition) is 0. The number of nitrogens with zero attached hydrogens (tertiary/aromatic N) is 2. The molecule has 29 heavy (non-hydrogen) atoms. The van der Waals surface area contributed by atoms with E-state index in [0.29, 0.717) is 46.6 Å². The van der Waals surface area contributed by atoms with Crippen molar-refractivity contribution in [3.8, 4) is 11.3 Å². The molecule has 3 aromatic rings. The average Bonchev–Trinajstić information content (AvgIpc) is 3.17. The third kappa shape index (κ3) is 3.98.